The van der Waals surface area contributed by atoms with Gasteiger partial charge in [-0.1, -0.05) is 6.07 Å². The highest BCUT2D eigenvalue weighted by Gasteiger charge is 2.21. The van der Waals surface area contributed by atoms with Crippen LogP contribution in [0, 0.1) is 0 Å². The first kappa shape index (κ1) is 19.2. The van der Waals surface area contributed by atoms with Gasteiger partial charge in [0.25, 0.3) is 0 Å². The van der Waals surface area contributed by atoms with E-state index in [1.807, 2.05) is 0 Å². The highest BCUT2D eigenvalue weighted by atomic mass is 32.2. The Hall–Kier alpha value is -2.17. The molecule has 0 amide bonds. The predicted octanol–water partition coefficient (Wildman–Crippen LogP) is 0.965. The molecule has 0 radical (unpaired) electrons. The SMILES string of the molecule is COc1ccc(S(=O)(=O)NCc2cccnc2)cc1N(C)S(C)(=O)=O. The second kappa shape index (κ2) is 7.38. The molecule has 0 aliphatic carbocycles. The Balaban J connectivity index is 2.35. The lowest BCUT2D eigenvalue weighted by Gasteiger charge is -2.20. The van der Waals surface area contributed by atoms with Gasteiger partial charge in [-0.3, -0.25) is 9.29 Å². The van der Waals surface area contributed by atoms with Gasteiger partial charge in [-0.2, -0.15) is 0 Å². The van der Waals surface area contributed by atoms with Gasteiger partial charge in [0.15, 0.2) is 0 Å². The lowest BCUT2D eigenvalue weighted by Crippen LogP contribution is -2.27. The molecule has 2 aromatic rings. The van der Waals surface area contributed by atoms with Crippen molar-refractivity contribution >= 4 is 25.7 Å². The first-order chi connectivity index (χ1) is 11.6. The van der Waals surface area contributed by atoms with Crippen molar-refractivity contribution in [2.24, 2.45) is 0 Å². The standard InChI is InChI=1S/C15H19N3O5S2/c1-18(24(3,19)20)14-9-13(6-7-15(14)23-2)25(21,22)17-11-12-5-4-8-16-10-12/h4-10,17H,11H2,1-3H3. The van der Waals surface area contributed by atoms with Crippen LogP contribution < -0.4 is 13.8 Å². The molecule has 0 spiro atoms. The lowest BCUT2D eigenvalue weighted by atomic mass is 10.3. The van der Waals surface area contributed by atoms with E-state index in [1.165, 1.54) is 32.4 Å². The van der Waals surface area contributed by atoms with Crippen LogP contribution in [0.25, 0.3) is 0 Å². The van der Waals surface area contributed by atoms with E-state index in [-0.39, 0.29) is 22.9 Å². The number of rotatable bonds is 7. The van der Waals surface area contributed by atoms with E-state index in [2.05, 4.69) is 9.71 Å². The smallest absolute Gasteiger partial charge is 0.240 e. The van der Waals surface area contributed by atoms with Crippen molar-refractivity contribution in [1.82, 2.24) is 9.71 Å². The first-order valence-corrected chi connectivity index (χ1v) is 10.5. The summed E-state index contributed by atoms with van der Waals surface area (Å²) in [6, 6.07) is 7.47. The number of methoxy groups -OCH3 is 1. The molecule has 10 heteroatoms. The van der Waals surface area contributed by atoms with Crippen molar-refractivity contribution in [1.29, 1.82) is 0 Å². The molecule has 0 fully saturated rings. The molecule has 0 saturated carbocycles. The molecule has 0 unspecified atom stereocenters. The number of hydrogen-bond acceptors (Lipinski definition) is 6. The van der Waals surface area contributed by atoms with Gasteiger partial charge in [0.1, 0.15) is 5.75 Å². The van der Waals surface area contributed by atoms with Crippen LogP contribution in [0.2, 0.25) is 0 Å². The molecule has 25 heavy (non-hydrogen) atoms. The van der Waals surface area contributed by atoms with Crippen molar-refractivity contribution < 1.29 is 21.6 Å². The van der Waals surface area contributed by atoms with E-state index in [1.54, 1.807) is 24.5 Å². The Morgan fingerprint density at radius 3 is 2.48 bits per heavy atom. The maximum atomic E-state index is 12.5. The summed E-state index contributed by atoms with van der Waals surface area (Å²) in [5.41, 5.74) is 0.835. The zero-order chi connectivity index (χ0) is 18.7. The van der Waals surface area contributed by atoms with Gasteiger partial charge in [-0.25, -0.2) is 21.6 Å². The van der Waals surface area contributed by atoms with Crippen LogP contribution in [0.4, 0.5) is 5.69 Å². The molecular weight excluding hydrogens is 366 g/mol. The van der Waals surface area contributed by atoms with Crippen molar-refractivity contribution in [2.45, 2.75) is 11.4 Å². The molecular formula is C15H19N3O5S2. The topological polar surface area (TPSA) is 106 Å². The number of nitrogens with one attached hydrogen (secondary N) is 1. The number of aromatic nitrogens is 1. The minimum Gasteiger partial charge on any atom is -0.495 e. The Morgan fingerprint density at radius 2 is 1.92 bits per heavy atom. The minimum absolute atomic E-state index is 0.0670. The zero-order valence-electron chi connectivity index (χ0n) is 14.0. The Bertz CT molecular complexity index is 944. The maximum Gasteiger partial charge on any atom is 0.240 e. The molecule has 1 aromatic carbocycles. The van der Waals surface area contributed by atoms with Crippen molar-refractivity contribution in [3.63, 3.8) is 0 Å². The van der Waals surface area contributed by atoms with Gasteiger partial charge in [0.05, 0.1) is 23.9 Å². The Kier molecular flexibility index (Phi) is 5.65. The van der Waals surface area contributed by atoms with E-state index in [4.69, 9.17) is 4.74 Å². The highest BCUT2D eigenvalue weighted by molar-refractivity contribution is 7.92. The van der Waals surface area contributed by atoms with E-state index < -0.39 is 20.0 Å². The highest BCUT2D eigenvalue weighted by Crippen LogP contribution is 2.31. The molecule has 136 valence electrons. The van der Waals surface area contributed by atoms with Gasteiger partial charge in [-0.15, -0.1) is 0 Å². The van der Waals surface area contributed by atoms with Crippen LogP contribution in [0.1, 0.15) is 5.56 Å². The number of nitrogens with zero attached hydrogens (tertiary/aromatic N) is 2. The molecule has 1 N–H and O–H groups in total. The summed E-state index contributed by atoms with van der Waals surface area (Å²) in [7, 11) is -4.71. The summed E-state index contributed by atoms with van der Waals surface area (Å²) >= 11 is 0. The predicted molar refractivity (Wildman–Crippen MR) is 94.5 cm³/mol. The third-order valence-corrected chi connectivity index (χ3v) is 6.08. The van der Waals surface area contributed by atoms with Crippen molar-refractivity contribution in [2.75, 3.05) is 24.7 Å². The van der Waals surface area contributed by atoms with Crippen LogP contribution >= 0.6 is 0 Å². The Labute approximate surface area is 147 Å². The van der Waals surface area contributed by atoms with E-state index in [0.717, 1.165) is 10.6 Å². The van der Waals surface area contributed by atoms with Crippen molar-refractivity contribution in [3.05, 3.63) is 48.3 Å². The second-order valence-corrected chi connectivity index (χ2v) is 9.03. The van der Waals surface area contributed by atoms with Crippen LogP contribution in [0.5, 0.6) is 5.75 Å². The van der Waals surface area contributed by atoms with E-state index in [9.17, 15) is 16.8 Å². The average Bonchev–Trinajstić information content (AvgIpc) is 2.59. The fourth-order valence-corrected chi connectivity index (χ4v) is 3.56. The van der Waals surface area contributed by atoms with E-state index >= 15 is 0 Å². The van der Waals surface area contributed by atoms with Gasteiger partial charge < -0.3 is 4.74 Å². The van der Waals surface area contributed by atoms with Gasteiger partial charge in [-0.05, 0) is 29.8 Å². The third kappa shape index (κ3) is 4.68. The fraction of sp³-hybridized carbons (Fsp3) is 0.267. The monoisotopic (exact) mass is 385 g/mol. The van der Waals surface area contributed by atoms with Crippen LogP contribution in [0.15, 0.2) is 47.6 Å². The summed E-state index contributed by atoms with van der Waals surface area (Å²) in [6.45, 7) is 0.0689. The number of anilines is 1. The molecule has 0 aliphatic rings. The summed E-state index contributed by atoms with van der Waals surface area (Å²) < 4.78 is 57.1. The molecule has 0 bridgehead atoms. The van der Waals surface area contributed by atoms with E-state index in [0.29, 0.717) is 5.56 Å². The minimum atomic E-state index is -3.84. The van der Waals surface area contributed by atoms with Crippen LogP contribution in [-0.2, 0) is 26.6 Å². The fourth-order valence-electron chi connectivity index (χ4n) is 2.03. The molecule has 8 nitrogen and oxygen atoms in total. The van der Waals surface area contributed by atoms with Gasteiger partial charge in [0.2, 0.25) is 20.0 Å². The number of benzene rings is 1. The molecule has 0 aliphatic heterocycles. The first-order valence-electron chi connectivity index (χ1n) is 7.15. The zero-order valence-corrected chi connectivity index (χ0v) is 15.6. The summed E-state index contributed by atoms with van der Waals surface area (Å²) in [6.07, 6.45) is 4.17. The lowest BCUT2D eigenvalue weighted by molar-refractivity contribution is 0.415. The number of sulfonamides is 2. The van der Waals surface area contributed by atoms with Crippen LogP contribution in [0.3, 0.4) is 0 Å². The van der Waals surface area contributed by atoms with Crippen molar-refractivity contribution in [3.8, 4) is 5.75 Å². The normalized spacial score (nSPS) is 12.0. The summed E-state index contributed by atoms with van der Waals surface area (Å²) in [5, 5.41) is 0. The van der Waals surface area contributed by atoms with Crippen LogP contribution in [-0.4, -0.2) is 42.2 Å². The maximum absolute atomic E-state index is 12.5. The largest absolute Gasteiger partial charge is 0.495 e. The third-order valence-electron chi connectivity index (χ3n) is 3.49. The molecule has 2 rings (SSSR count). The second-order valence-electron chi connectivity index (χ2n) is 5.25. The number of pyridine rings is 1. The van der Waals surface area contributed by atoms with Gasteiger partial charge in [0, 0.05) is 26.0 Å². The number of ether oxygens (including phenoxy) is 1. The molecule has 0 atom stereocenters. The average molecular weight is 385 g/mol. The summed E-state index contributed by atoms with van der Waals surface area (Å²) in [5.74, 6) is 0.249. The quantitative estimate of drug-likeness (QED) is 0.761. The number of hydrogen-bond donors (Lipinski definition) is 1. The molecule has 1 aromatic heterocycles. The van der Waals surface area contributed by atoms with Gasteiger partial charge >= 0.3 is 0 Å². The molecule has 1 heterocycles. The molecule has 0 saturated heterocycles. The summed E-state index contributed by atoms with van der Waals surface area (Å²) in [4.78, 5) is 3.85. The Morgan fingerprint density at radius 1 is 1.20 bits per heavy atom.